The number of aryl methyl sites for hydroxylation is 1. The van der Waals surface area contributed by atoms with Gasteiger partial charge in [0, 0.05) is 29.8 Å². The number of carbonyl (C=O) groups excluding carboxylic acids is 2. The van der Waals surface area contributed by atoms with Crippen molar-refractivity contribution in [3.8, 4) is 22.8 Å². The van der Waals surface area contributed by atoms with Crippen LogP contribution in [-0.2, 0) is 0 Å². The predicted octanol–water partition coefficient (Wildman–Crippen LogP) is 4.48. The maximum atomic E-state index is 12.8. The summed E-state index contributed by atoms with van der Waals surface area (Å²) in [7, 11) is 0. The van der Waals surface area contributed by atoms with E-state index in [9.17, 15) is 9.59 Å². The molecule has 6 heteroatoms. The van der Waals surface area contributed by atoms with Crippen molar-refractivity contribution in [1.82, 2.24) is 15.6 Å². The highest BCUT2D eigenvalue weighted by Gasteiger charge is 2.17. The number of rotatable bonds is 7. The van der Waals surface area contributed by atoms with Gasteiger partial charge in [0.1, 0.15) is 0 Å². The number of nitrogens with one attached hydrogen (secondary N) is 2. The molecule has 0 saturated carbocycles. The van der Waals surface area contributed by atoms with Crippen LogP contribution in [0.1, 0.15) is 26.3 Å². The fourth-order valence-electron chi connectivity index (χ4n) is 3.26. The minimum atomic E-state index is -0.260. The molecule has 3 aromatic carbocycles. The van der Waals surface area contributed by atoms with Gasteiger partial charge in [0.2, 0.25) is 5.89 Å². The number of hydrogen-bond acceptors (Lipinski definition) is 4. The first kappa shape index (κ1) is 21.1. The van der Waals surface area contributed by atoms with Crippen LogP contribution in [0, 0.1) is 6.92 Å². The van der Waals surface area contributed by atoms with E-state index in [1.807, 2.05) is 43.3 Å². The lowest BCUT2D eigenvalue weighted by molar-refractivity contribution is 0.0928. The zero-order chi connectivity index (χ0) is 22.3. The van der Waals surface area contributed by atoms with Gasteiger partial charge in [-0.1, -0.05) is 60.2 Å². The van der Waals surface area contributed by atoms with Gasteiger partial charge in [0.25, 0.3) is 11.8 Å². The summed E-state index contributed by atoms with van der Waals surface area (Å²) >= 11 is 0. The van der Waals surface area contributed by atoms with Crippen LogP contribution >= 0.6 is 0 Å². The van der Waals surface area contributed by atoms with Crippen LogP contribution in [0.3, 0.4) is 0 Å². The van der Waals surface area contributed by atoms with Gasteiger partial charge >= 0.3 is 0 Å². The summed E-state index contributed by atoms with van der Waals surface area (Å²) in [5.74, 6) is 0.579. The highest BCUT2D eigenvalue weighted by atomic mass is 16.4. The van der Waals surface area contributed by atoms with Crippen molar-refractivity contribution < 1.29 is 14.0 Å². The molecule has 6 nitrogen and oxygen atoms in total. The molecule has 0 spiro atoms. The van der Waals surface area contributed by atoms with Crippen LogP contribution in [0.2, 0.25) is 0 Å². The summed E-state index contributed by atoms with van der Waals surface area (Å²) in [5.41, 5.74) is 3.73. The van der Waals surface area contributed by atoms with Crippen molar-refractivity contribution in [3.05, 3.63) is 102 Å². The Balaban J connectivity index is 1.40. The molecule has 1 aromatic heterocycles. The Kier molecular flexibility index (Phi) is 6.41. The van der Waals surface area contributed by atoms with Gasteiger partial charge in [-0.05, 0) is 31.2 Å². The zero-order valence-corrected chi connectivity index (χ0v) is 17.7. The summed E-state index contributed by atoms with van der Waals surface area (Å²) in [6.45, 7) is 2.64. The molecule has 32 heavy (non-hydrogen) atoms. The van der Waals surface area contributed by atoms with E-state index < -0.39 is 0 Å². The number of aromatic nitrogens is 1. The number of amides is 2. The number of carbonyl (C=O) groups is 2. The lowest BCUT2D eigenvalue weighted by Crippen LogP contribution is -2.34. The van der Waals surface area contributed by atoms with E-state index in [2.05, 4.69) is 15.6 Å². The first-order valence-corrected chi connectivity index (χ1v) is 10.4. The normalized spacial score (nSPS) is 10.5. The van der Waals surface area contributed by atoms with E-state index in [4.69, 9.17) is 4.42 Å². The second-order valence-electron chi connectivity index (χ2n) is 7.32. The van der Waals surface area contributed by atoms with Gasteiger partial charge in [-0.25, -0.2) is 4.98 Å². The highest BCUT2D eigenvalue weighted by Crippen LogP contribution is 2.28. The smallest absolute Gasteiger partial charge is 0.252 e. The Morgan fingerprint density at radius 1 is 0.812 bits per heavy atom. The lowest BCUT2D eigenvalue weighted by atomic mass is 10.1. The zero-order valence-electron chi connectivity index (χ0n) is 17.7. The van der Waals surface area contributed by atoms with Crippen molar-refractivity contribution in [3.63, 3.8) is 0 Å². The third-order valence-electron chi connectivity index (χ3n) is 4.98. The summed E-state index contributed by atoms with van der Waals surface area (Å²) < 4.78 is 5.94. The molecule has 2 N–H and O–H groups in total. The van der Waals surface area contributed by atoms with E-state index in [1.54, 1.807) is 48.7 Å². The Hall–Kier alpha value is -4.19. The summed E-state index contributed by atoms with van der Waals surface area (Å²) in [6.07, 6.45) is 1.66. The SMILES string of the molecule is Cc1ccc(-c2cnc(-c3ccccc3C(=O)NCCNC(=O)c3ccccc3)o2)cc1. The molecule has 0 aliphatic rings. The van der Waals surface area contributed by atoms with E-state index >= 15 is 0 Å². The van der Waals surface area contributed by atoms with Crippen molar-refractivity contribution >= 4 is 11.8 Å². The minimum Gasteiger partial charge on any atom is -0.436 e. The van der Waals surface area contributed by atoms with Gasteiger partial charge in [-0.2, -0.15) is 0 Å². The van der Waals surface area contributed by atoms with Crippen LogP contribution in [0.15, 0.2) is 89.5 Å². The second kappa shape index (κ2) is 9.75. The first-order chi connectivity index (χ1) is 15.6. The first-order valence-electron chi connectivity index (χ1n) is 10.4. The molecule has 1 heterocycles. The largest absolute Gasteiger partial charge is 0.436 e. The average Bonchev–Trinajstić information content (AvgIpc) is 3.33. The maximum absolute atomic E-state index is 12.8. The van der Waals surface area contributed by atoms with Crippen LogP contribution < -0.4 is 10.6 Å². The van der Waals surface area contributed by atoms with Crippen LogP contribution in [0.25, 0.3) is 22.8 Å². The maximum Gasteiger partial charge on any atom is 0.252 e. The molecule has 0 bridgehead atoms. The van der Waals surface area contributed by atoms with Gasteiger partial charge in [0.15, 0.2) is 5.76 Å². The molecule has 0 aliphatic carbocycles. The Bertz CT molecular complexity index is 1210. The molecule has 160 valence electrons. The van der Waals surface area contributed by atoms with Gasteiger partial charge in [0.05, 0.1) is 11.8 Å². The van der Waals surface area contributed by atoms with Gasteiger partial charge < -0.3 is 15.1 Å². The molecular weight excluding hydrogens is 402 g/mol. The van der Waals surface area contributed by atoms with Gasteiger partial charge in [-0.3, -0.25) is 9.59 Å². The van der Waals surface area contributed by atoms with E-state index in [-0.39, 0.29) is 11.8 Å². The van der Waals surface area contributed by atoms with E-state index in [0.29, 0.717) is 41.4 Å². The van der Waals surface area contributed by atoms with Crippen LogP contribution in [0.4, 0.5) is 0 Å². The molecule has 0 unspecified atom stereocenters. The van der Waals surface area contributed by atoms with Crippen LogP contribution in [-0.4, -0.2) is 29.9 Å². The highest BCUT2D eigenvalue weighted by molar-refractivity contribution is 6.00. The minimum absolute atomic E-state index is 0.177. The Labute approximate surface area is 186 Å². The third-order valence-corrected chi connectivity index (χ3v) is 4.98. The number of oxazole rings is 1. The van der Waals surface area contributed by atoms with Crippen molar-refractivity contribution in [2.75, 3.05) is 13.1 Å². The predicted molar refractivity (Wildman–Crippen MR) is 123 cm³/mol. The Morgan fingerprint density at radius 2 is 1.47 bits per heavy atom. The fraction of sp³-hybridized carbons (Fsp3) is 0.115. The quantitative estimate of drug-likeness (QED) is 0.428. The standard InChI is InChI=1S/C26H23N3O3/c1-18-11-13-19(14-12-18)23-17-29-26(32-23)22-10-6-5-9-21(22)25(31)28-16-15-27-24(30)20-7-3-2-4-8-20/h2-14,17H,15-16H2,1H3,(H,27,30)(H,28,31). The Morgan fingerprint density at radius 3 is 2.22 bits per heavy atom. The molecule has 0 aliphatic heterocycles. The lowest BCUT2D eigenvalue weighted by Gasteiger charge is -2.09. The van der Waals surface area contributed by atoms with Crippen molar-refractivity contribution in [2.24, 2.45) is 0 Å². The fourth-order valence-corrected chi connectivity index (χ4v) is 3.26. The molecular formula is C26H23N3O3. The summed E-state index contributed by atoms with van der Waals surface area (Å²) in [5, 5.41) is 5.63. The molecule has 2 amide bonds. The summed E-state index contributed by atoms with van der Waals surface area (Å²) in [4.78, 5) is 29.2. The third kappa shape index (κ3) is 4.92. The van der Waals surface area contributed by atoms with E-state index in [0.717, 1.165) is 11.1 Å². The molecule has 0 radical (unpaired) electrons. The second-order valence-corrected chi connectivity index (χ2v) is 7.32. The van der Waals surface area contributed by atoms with Crippen LogP contribution in [0.5, 0.6) is 0 Å². The van der Waals surface area contributed by atoms with Crippen molar-refractivity contribution in [2.45, 2.75) is 6.92 Å². The monoisotopic (exact) mass is 425 g/mol. The molecule has 4 rings (SSSR count). The van der Waals surface area contributed by atoms with E-state index in [1.165, 1.54) is 0 Å². The topological polar surface area (TPSA) is 84.2 Å². The van der Waals surface area contributed by atoms with Gasteiger partial charge in [-0.15, -0.1) is 0 Å². The number of hydrogen-bond donors (Lipinski definition) is 2. The number of nitrogens with zero attached hydrogens (tertiary/aromatic N) is 1. The molecule has 0 atom stereocenters. The number of benzene rings is 3. The van der Waals surface area contributed by atoms with Crippen molar-refractivity contribution in [1.29, 1.82) is 0 Å². The molecule has 4 aromatic rings. The molecule has 0 saturated heterocycles. The summed E-state index contributed by atoms with van der Waals surface area (Å²) in [6, 6.07) is 24.1. The average molecular weight is 425 g/mol. The molecule has 0 fully saturated rings.